The fraction of sp³-hybridized carbons (Fsp3) is 0.211. The number of nitrogens with zero attached hydrogens (tertiary/aromatic N) is 5. The third-order valence-corrected chi connectivity index (χ3v) is 4.60. The van der Waals surface area contributed by atoms with E-state index in [9.17, 15) is 8.78 Å². The maximum Gasteiger partial charge on any atom is 0.264 e. The molecule has 8 heteroatoms. The van der Waals surface area contributed by atoms with Crippen molar-refractivity contribution in [1.82, 2.24) is 24.5 Å². The van der Waals surface area contributed by atoms with E-state index in [1.54, 1.807) is 41.8 Å². The van der Waals surface area contributed by atoms with E-state index in [2.05, 4.69) is 15.2 Å². The van der Waals surface area contributed by atoms with Crippen molar-refractivity contribution < 1.29 is 8.78 Å². The number of hydrogen-bond donors (Lipinski definition) is 0. The second kappa shape index (κ2) is 6.74. The number of pyridine rings is 1. The molecule has 138 valence electrons. The molecule has 4 rings (SSSR count). The number of hydrogen-bond acceptors (Lipinski definition) is 3. The predicted molar refractivity (Wildman–Crippen MR) is 100.0 cm³/mol. The van der Waals surface area contributed by atoms with Crippen LogP contribution in [0.2, 0.25) is 5.02 Å². The zero-order valence-corrected chi connectivity index (χ0v) is 15.5. The Kier molecular flexibility index (Phi) is 4.39. The molecule has 0 N–H and O–H groups in total. The lowest BCUT2D eigenvalue weighted by molar-refractivity contribution is 0.153. The average Bonchev–Trinajstić information content (AvgIpc) is 3.18. The Morgan fingerprint density at radius 3 is 2.70 bits per heavy atom. The second-order valence-electron chi connectivity index (χ2n) is 6.37. The molecule has 0 amide bonds. The molecule has 0 unspecified atom stereocenters. The van der Waals surface area contributed by atoms with Gasteiger partial charge in [-0.2, -0.15) is 10.2 Å². The highest BCUT2D eigenvalue weighted by Gasteiger charge is 2.21. The zero-order chi connectivity index (χ0) is 19.1. The quantitative estimate of drug-likeness (QED) is 0.506. The Balaban J connectivity index is 1.91. The van der Waals surface area contributed by atoms with Crippen molar-refractivity contribution in [3.63, 3.8) is 0 Å². The van der Waals surface area contributed by atoms with Crippen LogP contribution in [0, 0.1) is 6.92 Å². The monoisotopic (exact) mass is 387 g/mol. The van der Waals surface area contributed by atoms with Crippen LogP contribution in [-0.4, -0.2) is 24.5 Å². The van der Waals surface area contributed by atoms with Gasteiger partial charge >= 0.3 is 0 Å². The largest absolute Gasteiger partial charge is 0.275 e. The molecular formula is C19H16ClF2N5. The van der Waals surface area contributed by atoms with Crippen molar-refractivity contribution in [3.8, 4) is 11.3 Å². The van der Waals surface area contributed by atoms with E-state index in [1.807, 2.05) is 18.2 Å². The van der Waals surface area contributed by atoms with Crippen LogP contribution in [0.15, 0.2) is 42.7 Å². The standard InChI is InChI=1S/C19H16ClF2N5/c1-11-17-15(18(21)22)7-16(13-8-23-26(2)10-13)24-19(17)27(25-11)9-12-4-3-5-14(20)6-12/h3-8,10,18H,9H2,1-2H3. The van der Waals surface area contributed by atoms with Gasteiger partial charge in [0.1, 0.15) is 0 Å². The third-order valence-electron chi connectivity index (χ3n) is 4.36. The number of benzene rings is 1. The molecule has 0 bridgehead atoms. The first-order valence-electron chi connectivity index (χ1n) is 8.32. The maximum absolute atomic E-state index is 13.8. The van der Waals surface area contributed by atoms with E-state index >= 15 is 0 Å². The molecule has 0 radical (unpaired) electrons. The van der Waals surface area contributed by atoms with E-state index in [1.165, 1.54) is 6.07 Å². The van der Waals surface area contributed by atoms with Gasteiger partial charge in [-0.25, -0.2) is 18.4 Å². The Labute approximate surface area is 159 Å². The number of halogens is 3. The molecule has 5 nitrogen and oxygen atoms in total. The minimum Gasteiger partial charge on any atom is -0.275 e. The normalized spacial score (nSPS) is 11.6. The van der Waals surface area contributed by atoms with Crippen LogP contribution in [-0.2, 0) is 13.6 Å². The lowest BCUT2D eigenvalue weighted by atomic mass is 10.1. The van der Waals surface area contributed by atoms with Gasteiger partial charge in [-0.1, -0.05) is 23.7 Å². The molecule has 0 spiro atoms. The summed E-state index contributed by atoms with van der Waals surface area (Å²) in [5.41, 5.74) is 2.90. The van der Waals surface area contributed by atoms with Crippen LogP contribution < -0.4 is 0 Å². The van der Waals surface area contributed by atoms with Gasteiger partial charge in [-0.05, 0) is 30.7 Å². The van der Waals surface area contributed by atoms with Crippen molar-refractivity contribution in [1.29, 1.82) is 0 Å². The lowest BCUT2D eigenvalue weighted by Crippen LogP contribution is -2.03. The van der Waals surface area contributed by atoms with Crippen molar-refractivity contribution in [2.75, 3.05) is 0 Å². The topological polar surface area (TPSA) is 48.5 Å². The summed E-state index contributed by atoms with van der Waals surface area (Å²) in [4.78, 5) is 4.62. The highest BCUT2D eigenvalue weighted by Crippen LogP contribution is 2.33. The summed E-state index contributed by atoms with van der Waals surface area (Å²) in [6.45, 7) is 2.10. The summed E-state index contributed by atoms with van der Waals surface area (Å²) in [6.07, 6.45) is 0.718. The number of rotatable bonds is 4. The Hall–Kier alpha value is -2.80. The molecule has 0 saturated heterocycles. The first kappa shape index (κ1) is 17.6. The van der Waals surface area contributed by atoms with Gasteiger partial charge in [0.15, 0.2) is 5.65 Å². The summed E-state index contributed by atoms with van der Waals surface area (Å²) in [5, 5.41) is 9.56. The van der Waals surface area contributed by atoms with Crippen LogP contribution in [0.3, 0.4) is 0 Å². The van der Waals surface area contributed by atoms with Crippen molar-refractivity contribution in [2.24, 2.45) is 7.05 Å². The number of fused-ring (bicyclic) bond motifs is 1. The Bertz CT molecular complexity index is 1130. The van der Waals surface area contributed by atoms with Gasteiger partial charge in [-0.3, -0.25) is 4.68 Å². The molecule has 0 fully saturated rings. The minimum atomic E-state index is -2.63. The summed E-state index contributed by atoms with van der Waals surface area (Å²) in [6, 6.07) is 8.78. The van der Waals surface area contributed by atoms with Crippen LogP contribution in [0.5, 0.6) is 0 Å². The van der Waals surface area contributed by atoms with E-state index in [0.29, 0.717) is 39.6 Å². The molecular weight excluding hydrogens is 372 g/mol. The fourth-order valence-corrected chi connectivity index (χ4v) is 3.39. The molecule has 4 aromatic rings. The molecule has 0 aliphatic rings. The van der Waals surface area contributed by atoms with Crippen molar-refractivity contribution in [3.05, 3.63) is 64.6 Å². The predicted octanol–water partition coefficient (Wildman–Crippen LogP) is 4.78. The summed E-state index contributed by atoms with van der Waals surface area (Å²) < 4.78 is 30.8. The van der Waals surface area contributed by atoms with Gasteiger partial charge in [0.25, 0.3) is 6.43 Å². The fourth-order valence-electron chi connectivity index (χ4n) is 3.18. The van der Waals surface area contributed by atoms with Crippen LogP contribution >= 0.6 is 11.6 Å². The zero-order valence-electron chi connectivity index (χ0n) is 14.7. The number of aromatic nitrogens is 5. The van der Waals surface area contributed by atoms with Crippen LogP contribution in [0.4, 0.5) is 8.78 Å². The molecule has 0 aliphatic heterocycles. The van der Waals surface area contributed by atoms with E-state index in [0.717, 1.165) is 5.56 Å². The van der Waals surface area contributed by atoms with Crippen LogP contribution in [0.25, 0.3) is 22.3 Å². The third kappa shape index (κ3) is 3.30. The molecule has 0 atom stereocenters. The molecule has 1 aromatic carbocycles. The smallest absolute Gasteiger partial charge is 0.264 e. The highest BCUT2D eigenvalue weighted by molar-refractivity contribution is 6.30. The van der Waals surface area contributed by atoms with Gasteiger partial charge in [0.05, 0.1) is 29.5 Å². The second-order valence-corrected chi connectivity index (χ2v) is 6.81. The van der Waals surface area contributed by atoms with Crippen LogP contribution in [0.1, 0.15) is 23.2 Å². The minimum absolute atomic E-state index is 0.0753. The molecule has 0 aliphatic carbocycles. The van der Waals surface area contributed by atoms with E-state index < -0.39 is 6.43 Å². The highest BCUT2D eigenvalue weighted by atomic mass is 35.5. The molecule has 27 heavy (non-hydrogen) atoms. The molecule has 3 heterocycles. The number of aryl methyl sites for hydroxylation is 2. The number of alkyl halides is 2. The van der Waals surface area contributed by atoms with Gasteiger partial charge in [0.2, 0.25) is 0 Å². The first-order valence-corrected chi connectivity index (χ1v) is 8.70. The van der Waals surface area contributed by atoms with Crippen molar-refractivity contribution >= 4 is 22.6 Å². The Morgan fingerprint density at radius 2 is 2.04 bits per heavy atom. The molecule has 0 saturated carbocycles. The maximum atomic E-state index is 13.8. The lowest BCUT2D eigenvalue weighted by Gasteiger charge is -2.08. The van der Waals surface area contributed by atoms with E-state index in [-0.39, 0.29) is 5.56 Å². The SMILES string of the molecule is Cc1nn(Cc2cccc(Cl)c2)c2nc(-c3cnn(C)c3)cc(C(F)F)c12. The first-order chi connectivity index (χ1) is 12.9. The van der Waals surface area contributed by atoms with Crippen molar-refractivity contribution in [2.45, 2.75) is 19.9 Å². The molecule has 3 aromatic heterocycles. The van der Waals surface area contributed by atoms with E-state index in [4.69, 9.17) is 11.6 Å². The summed E-state index contributed by atoms with van der Waals surface area (Å²) in [7, 11) is 1.77. The Morgan fingerprint density at radius 1 is 1.22 bits per heavy atom. The summed E-state index contributed by atoms with van der Waals surface area (Å²) >= 11 is 6.06. The van der Waals surface area contributed by atoms with Gasteiger partial charge < -0.3 is 0 Å². The average molecular weight is 388 g/mol. The van der Waals surface area contributed by atoms with Gasteiger partial charge in [0, 0.05) is 29.4 Å². The summed E-state index contributed by atoms with van der Waals surface area (Å²) in [5.74, 6) is 0. The van der Waals surface area contributed by atoms with Gasteiger partial charge in [-0.15, -0.1) is 0 Å².